The van der Waals surface area contributed by atoms with Crippen LogP contribution in [0.15, 0.2) is 36.5 Å². The molecule has 0 aliphatic carbocycles. The SMILES string of the molecule is Cc1c(C(=O)N2CCNC(=O)[C@@H]2Cc2ccccc2)cnn1C. The number of aromatic nitrogens is 2. The van der Waals surface area contributed by atoms with E-state index in [-0.39, 0.29) is 11.8 Å². The van der Waals surface area contributed by atoms with E-state index in [1.165, 1.54) is 0 Å². The molecule has 2 heterocycles. The Morgan fingerprint density at radius 1 is 1.35 bits per heavy atom. The van der Waals surface area contributed by atoms with Gasteiger partial charge in [-0.15, -0.1) is 0 Å². The molecule has 6 heteroatoms. The Labute approximate surface area is 135 Å². The molecule has 0 radical (unpaired) electrons. The number of piperazine rings is 1. The van der Waals surface area contributed by atoms with Crippen LogP contribution in [0.25, 0.3) is 0 Å². The van der Waals surface area contributed by atoms with Crippen LogP contribution in [0, 0.1) is 6.92 Å². The molecule has 3 rings (SSSR count). The lowest BCUT2D eigenvalue weighted by atomic mass is 10.0. The van der Waals surface area contributed by atoms with Crippen LogP contribution in [-0.2, 0) is 18.3 Å². The van der Waals surface area contributed by atoms with E-state index >= 15 is 0 Å². The largest absolute Gasteiger partial charge is 0.353 e. The van der Waals surface area contributed by atoms with Crippen LogP contribution >= 0.6 is 0 Å². The zero-order valence-electron chi connectivity index (χ0n) is 13.3. The van der Waals surface area contributed by atoms with E-state index in [0.29, 0.717) is 25.1 Å². The molecule has 1 aromatic heterocycles. The summed E-state index contributed by atoms with van der Waals surface area (Å²) in [5.74, 6) is -0.235. The molecule has 2 amide bonds. The molecule has 2 aromatic rings. The number of carbonyl (C=O) groups excluding carboxylic acids is 2. The maximum atomic E-state index is 12.9. The van der Waals surface area contributed by atoms with Crippen molar-refractivity contribution in [1.82, 2.24) is 20.0 Å². The molecular weight excluding hydrogens is 292 g/mol. The van der Waals surface area contributed by atoms with E-state index in [1.54, 1.807) is 22.8 Å². The maximum absolute atomic E-state index is 12.9. The van der Waals surface area contributed by atoms with E-state index in [1.807, 2.05) is 37.3 Å². The molecule has 1 atom stereocenters. The number of nitrogens with zero attached hydrogens (tertiary/aromatic N) is 3. The van der Waals surface area contributed by atoms with E-state index in [9.17, 15) is 9.59 Å². The van der Waals surface area contributed by atoms with Crippen molar-refractivity contribution in [3.8, 4) is 0 Å². The Morgan fingerprint density at radius 2 is 2.09 bits per heavy atom. The van der Waals surface area contributed by atoms with Crippen molar-refractivity contribution in [2.45, 2.75) is 19.4 Å². The quantitative estimate of drug-likeness (QED) is 0.916. The van der Waals surface area contributed by atoms with Gasteiger partial charge in [0.05, 0.1) is 11.8 Å². The standard InChI is InChI=1S/C17H20N4O2/c1-12-14(11-19-20(12)2)17(23)21-9-8-18-16(22)15(21)10-13-6-4-3-5-7-13/h3-7,11,15H,8-10H2,1-2H3,(H,18,22)/t15-/m0/s1. The topological polar surface area (TPSA) is 67.2 Å². The van der Waals surface area contributed by atoms with Gasteiger partial charge >= 0.3 is 0 Å². The zero-order chi connectivity index (χ0) is 16.4. The highest BCUT2D eigenvalue weighted by Crippen LogP contribution is 2.17. The summed E-state index contributed by atoms with van der Waals surface area (Å²) in [6.07, 6.45) is 2.08. The number of aryl methyl sites for hydroxylation is 1. The Balaban J connectivity index is 1.87. The zero-order valence-corrected chi connectivity index (χ0v) is 13.3. The molecule has 1 aromatic carbocycles. The van der Waals surface area contributed by atoms with Gasteiger partial charge in [0.1, 0.15) is 6.04 Å². The normalized spacial score (nSPS) is 17.9. The Bertz CT molecular complexity index is 723. The fourth-order valence-electron chi connectivity index (χ4n) is 2.86. The number of rotatable bonds is 3. The maximum Gasteiger partial charge on any atom is 0.258 e. The first-order valence-corrected chi connectivity index (χ1v) is 7.69. The summed E-state index contributed by atoms with van der Waals surface area (Å²) in [6, 6.07) is 9.27. The third kappa shape index (κ3) is 2.97. The Hall–Kier alpha value is -2.63. The molecule has 0 unspecified atom stereocenters. The lowest BCUT2D eigenvalue weighted by molar-refractivity contribution is -0.127. The molecule has 0 bridgehead atoms. The first kappa shape index (κ1) is 15.3. The third-order valence-electron chi connectivity index (χ3n) is 4.33. The van der Waals surface area contributed by atoms with Crippen molar-refractivity contribution in [2.75, 3.05) is 13.1 Å². The predicted molar refractivity (Wildman–Crippen MR) is 85.9 cm³/mol. The average molecular weight is 312 g/mol. The number of hydrogen-bond donors (Lipinski definition) is 1. The minimum absolute atomic E-state index is 0.102. The second kappa shape index (κ2) is 6.24. The minimum Gasteiger partial charge on any atom is -0.353 e. The summed E-state index contributed by atoms with van der Waals surface area (Å²) in [5, 5.41) is 6.98. The van der Waals surface area contributed by atoms with Crippen LogP contribution in [0.5, 0.6) is 0 Å². The highest BCUT2D eigenvalue weighted by Gasteiger charge is 2.34. The van der Waals surface area contributed by atoms with Gasteiger partial charge in [0, 0.05) is 32.3 Å². The van der Waals surface area contributed by atoms with E-state index < -0.39 is 6.04 Å². The highest BCUT2D eigenvalue weighted by atomic mass is 16.2. The van der Waals surface area contributed by atoms with Crippen molar-refractivity contribution >= 4 is 11.8 Å². The van der Waals surface area contributed by atoms with Crippen LogP contribution in [0.3, 0.4) is 0 Å². The third-order valence-corrected chi connectivity index (χ3v) is 4.33. The summed E-state index contributed by atoms with van der Waals surface area (Å²) in [6.45, 7) is 2.85. The van der Waals surface area contributed by atoms with Crippen molar-refractivity contribution in [3.63, 3.8) is 0 Å². The van der Waals surface area contributed by atoms with Crippen molar-refractivity contribution < 1.29 is 9.59 Å². The number of amides is 2. The average Bonchev–Trinajstić information content (AvgIpc) is 2.89. The first-order valence-electron chi connectivity index (χ1n) is 7.69. The Kier molecular flexibility index (Phi) is 4.14. The molecular formula is C17H20N4O2. The summed E-state index contributed by atoms with van der Waals surface area (Å²) in [7, 11) is 1.80. The molecule has 6 nitrogen and oxygen atoms in total. The van der Waals surface area contributed by atoms with Crippen LogP contribution < -0.4 is 5.32 Å². The summed E-state index contributed by atoms with van der Waals surface area (Å²) in [4.78, 5) is 26.8. The Morgan fingerprint density at radius 3 is 2.74 bits per heavy atom. The van der Waals surface area contributed by atoms with Gasteiger partial charge in [-0.05, 0) is 12.5 Å². The number of hydrogen-bond acceptors (Lipinski definition) is 3. The summed E-state index contributed by atoms with van der Waals surface area (Å²) < 4.78 is 1.67. The van der Waals surface area contributed by atoms with E-state index in [4.69, 9.17) is 0 Å². The van der Waals surface area contributed by atoms with E-state index in [0.717, 1.165) is 11.3 Å². The summed E-state index contributed by atoms with van der Waals surface area (Å²) >= 11 is 0. The van der Waals surface area contributed by atoms with Gasteiger partial charge in [-0.1, -0.05) is 30.3 Å². The monoisotopic (exact) mass is 312 g/mol. The summed E-state index contributed by atoms with van der Waals surface area (Å²) in [5.41, 5.74) is 2.40. The fourth-order valence-corrected chi connectivity index (χ4v) is 2.86. The fraction of sp³-hybridized carbons (Fsp3) is 0.353. The van der Waals surface area contributed by atoms with E-state index in [2.05, 4.69) is 10.4 Å². The van der Waals surface area contributed by atoms with Gasteiger partial charge in [-0.25, -0.2) is 0 Å². The lowest BCUT2D eigenvalue weighted by Gasteiger charge is -2.35. The van der Waals surface area contributed by atoms with Gasteiger partial charge in [0.15, 0.2) is 0 Å². The van der Waals surface area contributed by atoms with Crippen LogP contribution in [0.4, 0.5) is 0 Å². The van der Waals surface area contributed by atoms with Crippen molar-refractivity contribution in [3.05, 3.63) is 53.3 Å². The van der Waals surface area contributed by atoms with Crippen LogP contribution in [0.1, 0.15) is 21.6 Å². The van der Waals surface area contributed by atoms with Gasteiger partial charge in [-0.3, -0.25) is 14.3 Å². The number of carbonyl (C=O) groups is 2. The molecule has 1 N–H and O–H groups in total. The van der Waals surface area contributed by atoms with Crippen molar-refractivity contribution in [1.29, 1.82) is 0 Å². The van der Waals surface area contributed by atoms with Gasteiger partial charge in [0.25, 0.3) is 5.91 Å². The van der Waals surface area contributed by atoms with Crippen LogP contribution in [0.2, 0.25) is 0 Å². The van der Waals surface area contributed by atoms with Crippen LogP contribution in [-0.4, -0.2) is 45.6 Å². The van der Waals surface area contributed by atoms with Gasteiger partial charge < -0.3 is 10.2 Å². The molecule has 23 heavy (non-hydrogen) atoms. The number of benzene rings is 1. The number of nitrogens with one attached hydrogen (secondary N) is 1. The molecule has 0 saturated carbocycles. The molecule has 0 spiro atoms. The molecule has 1 saturated heterocycles. The van der Waals surface area contributed by atoms with Gasteiger partial charge in [-0.2, -0.15) is 5.10 Å². The molecule has 1 aliphatic rings. The van der Waals surface area contributed by atoms with Crippen molar-refractivity contribution in [2.24, 2.45) is 7.05 Å². The lowest BCUT2D eigenvalue weighted by Crippen LogP contribution is -2.58. The smallest absolute Gasteiger partial charge is 0.258 e. The molecule has 120 valence electrons. The van der Waals surface area contributed by atoms with Gasteiger partial charge in [0.2, 0.25) is 5.91 Å². The molecule has 1 fully saturated rings. The highest BCUT2D eigenvalue weighted by molar-refractivity contribution is 5.98. The molecule has 1 aliphatic heterocycles. The second-order valence-corrected chi connectivity index (χ2v) is 5.76. The predicted octanol–water partition coefficient (Wildman–Crippen LogP) is 0.912. The second-order valence-electron chi connectivity index (χ2n) is 5.76. The first-order chi connectivity index (χ1) is 11.1. The minimum atomic E-state index is -0.488.